The van der Waals surface area contributed by atoms with Crippen molar-refractivity contribution in [1.29, 1.82) is 0 Å². The van der Waals surface area contributed by atoms with Crippen molar-refractivity contribution in [2.45, 2.75) is 18.9 Å². The van der Waals surface area contributed by atoms with Crippen LogP contribution in [0.5, 0.6) is 0 Å². The first-order valence-electron chi connectivity index (χ1n) is 5.60. The third-order valence-electron chi connectivity index (χ3n) is 2.71. The summed E-state index contributed by atoms with van der Waals surface area (Å²) >= 11 is 0. The molecule has 4 heteroatoms. The number of hydrogen-bond acceptors (Lipinski definition) is 3. The molecule has 1 unspecified atom stereocenters. The van der Waals surface area contributed by atoms with E-state index in [9.17, 15) is 4.79 Å². The van der Waals surface area contributed by atoms with Gasteiger partial charge in [0, 0.05) is 31.6 Å². The van der Waals surface area contributed by atoms with Crippen LogP contribution in [0.4, 0.5) is 0 Å². The van der Waals surface area contributed by atoms with E-state index in [1.807, 2.05) is 17.8 Å². The molecular weight excluding hydrogens is 206 g/mol. The number of hydrogen-bond donors (Lipinski definition) is 0. The number of Topliss-reactive ketones (excluding diaryl/α,β-unsaturated/α-hetero) is 1. The topological polar surface area (TPSA) is 40.5 Å². The molecule has 1 saturated heterocycles. The van der Waals surface area contributed by atoms with E-state index in [4.69, 9.17) is 9.47 Å². The Hall–Kier alpha value is -1.13. The number of ketones is 1. The zero-order valence-corrected chi connectivity index (χ0v) is 9.52. The van der Waals surface area contributed by atoms with Crippen molar-refractivity contribution in [3.8, 4) is 0 Å². The van der Waals surface area contributed by atoms with Crippen LogP contribution in [0.15, 0.2) is 18.5 Å². The maximum absolute atomic E-state index is 11.7. The molecule has 1 fully saturated rings. The Bertz CT molecular complexity index is 353. The molecule has 4 nitrogen and oxygen atoms in total. The van der Waals surface area contributed by atoms with Crippen LogP contribution in [0.3, 0.4) is 0 Å². The van der Waals surface area contributed by atoms with Gasteiger partial charge in [-0.2, -0.15) is 0 Å². The predicted octanol–water partition coefficient (Wildman–Crippen LogP) is 1.40. The van der Waals surface area contributed by atoms with Crippen molar-refractivity contribution in [3.63, 3.8) is 0 Å². The summed E-state index contributed by atoms with van der Waals surface area (Å²) in [5.74, 6) is 0.0265. The lowest BCUT2D eigenvalue weighted by molar-refractivity contribution is 0.0190. The van der Waals surface area contributed by atoms with Gasteiger partial charge in [0.05, 0.1) is 12.7 Å². The second-order valence-electron chi connectivity index (χ2n) is 4.14. The summed E-state index contributed by atoms with van der Waals surface area (Å²) in [7, 11) is 1.89. The van der Waals surface area contributed by atoms with E-state index >= 15 is 0 Å². The monoisotopic (exact) mass is 223 g/mol. The van der Waals surface area contributed by atoms with Crippen LogP contribution in [0, 0.1) is 0 Å². The smallest absolute Gasteiger partial charge is 0.189 e. The predicted molar refractivity (Wildman–Crippen MR) is 59.5 cm³/mol. The van der Waals surface area contributed by atoms with Gasteiger partial charge in [-0.1, -0.05) is 0 Å². The molecule has 0 saturated carbocycles. The molecule has 16 heavy (non-hydrogen) atoms. The zero-order chi connectivity index (χ0) is 11.4. The molecule has 1 aromatic heterocycles. The van der Waals surface area contributed by atoms with Gasteiger partial charge in [0.25, 0.3) is 0 Å². The van der Waals surface area contributed by atoms with Crippen LogP contribution >= 0.6 is 0 Å². The van der Waals surface area contributed by atoms with E-state index in [0.29, 0.717) is 12.2 Å². The third kappa shape index (κ3) is 2.93. The number of aromatic nitrogens is 1. The second kappa shape index (κ2) is 5.27. The highest BCUT2D eigenvalue weighted by atomic mass is 16.5. The summed E-state index contributed by atoms with van der Waals surface area (Å²) < 4.78 is 12.6. The molecule has 1 aliphatic rings. The quantitative estimate of drug-likeness (QED) is 0.708. The Morgan fingerprint density at radius 2 is 2.56 bits per heavy atom. The molecule has 2 rings (SSSR count). The van der Waals surface area contributed by atoms with E-state index in [0.717, 1.165) is 19.4 Å². The SMILES string of the molecule is Cn1ccc(C(=O)COCC2CCCO2)c1. The number of carbonyl (C=O) groups excluding carboxylic acids is 1. The van der Waals surface area contributed by atoms with E-state index in [-0.39, 0.29) is 18.5 Å². The fourth-order valence-electron chi connectivity index (χ4n) is 1.81. The number of ether oxygens (including phenoxy) is 2. The lowest BCUT2D eigenvalue weighted by atomic mass is 10.2. The third-order valence-corrected chi connectivity index (χ3v) is 2.71. The van der Waals surface area contributed by atoms with Crippen LogP contribution in [0.1, 0.15) is 23.2 Å². The summed E-state index contributed by atoms with van der Waals surface area (Å²) in [6.45, 7) is 1.49. The standard InChI is InChI=1S/C12H17NO3/c1-13-5-4-10(7-13)12(14)9-15-8-11-3-2-6-16-11/h4-5,7,11H,2-3,6,8-9H2,1H3. The molecule has 0 amide bonds. The van der Waals surface area contributed by atoms with Crippen LogP contribution < -0.4 is 0 Å². The first-order chi connectivity index (χ1) is 7.75. The highest BCUT2D eigenvalue weighted by Crippen LogP contribution is 2.12. The van der Waals surface area contributed by atoms with Crippen molar-refractivity contribution < 1.29 is 14.3 Å². The molecule has 0 spiro atoms. The van der Waals surface area contributed by atoms with Gasteiger partial charge in [0.15, 0.2) is 5.78 Å². The Morgan fingerprint density at radius 3 is 3.19 bits per heavy atom. The zero-order valence-electron chi connectivity index (χ0n) is 9.52. The lowest BCUT2D eigenvalue weighted by Gasteiger charge is -2.08. The Balaban J connectivity index is 1.71. The van der Waals surface area contributed by atoms with Gasteiger partial charge < -0.3 is 14.0 Å². The van der Waals surface area contributed by atoms with Crippen LogP contribution in [0.25, 0.3) is 0 Å². The average molecular weight is 223 g/mol. The summed E-state index contributed by atoms with van der Waals surface area (Å²) in [5.41, 5.74) is 0.704. The maximum atomic E-state index is 11.7. The minimum absolute atomic E-state index is 0.0265. The van der Waals surface area contributed by atoms with Gasteiger partial charge in [-0.25, -0.2) is 0 Å². The number of nitrogens with zero attached hydrogens (tertiary/aromatic N) is 1. The molecule has 1 atom stereocenters. The van der Waals surface area contributed by atoms with Gasteiger partial charge in [-0.05, 0) is 18.9 Å². The van der Waals surface area contributed by atoms with Crippen molar-refractivity contribution in [2.75, 3.05) is 19.8 Å². The minimum Gasteiger partial charge on any atom is -0.376 e. The minimum atomic E-state index is 0.0265. The van der Waals surface area contributed by atoms with Crippen LogP contribution in [-0.4, -0.2) is 36.3 Å². The Labute approximate surface area is 95.2 Å². The van der Waals surface area contributed by atoms with Crippen molar-refractivity contribution in [2.24, 2.45) is 7.05 Å². The highest BCUT2D eigenvalue weighted by Gasteiger charge is 2.16. The Morgan fingerprint density at radius 1 is 1.69 bits per heavy atom. The first-order valence-corrected chi connectivity index (χ1v) is 5.60. The van der Waals surface area contributed by atoms with Crippen molar-refractivity contribution in [1.82, 2.24) is 4.57 Å². The van der Waals surface area contributed by atoms with E-state index in [1.165, 1.54) is 0 Å². The average Bonchev–Trinajstić information content (AvgIpc) is 2.89. The van der Waals surface area contributed by atoms with E-state index < -0.39 is 0 Å². The van der Waals surface area contributed by atoms with Crippen LogP contribution in [-0.2, 0) is 16.5 Å². The number of rotatable bonds is 5. The molecule has 0 aliphatic carbocycles. The molecule has 0 aromatic carbocycles. The van der Waals surface area contributed by atoms with Crippen molar-refractivity contribution >= 4 is 5.78 Å². The molecule has 88 valence electrons. The summed E-state index contributed by atoms with van der Waals surface area (Å²) in [4.78, 5) is 11.7. The summed E-state index contributed by atoms with van der Waals surface area (Å²) in [6, 6.07) is 1.80. The van der Waals surface area contributed by atoms with E-state index in [1.54, 1.807) is 12.3 Å². The summed E-state index contributed by atoms with van der Waals surface area (Å²) in [5, 5.41) is 0. The number of aryl methyl sites for hydroxylation is 1. The van der Waals surface area contributed by atoms with Gasteiger partial charge in [-0.15, -0.1) is 0 Å². The fourth-order valence-corrected chi connectivity index (χ4v) is 1.81. The molecule has 2 heterocycles. The lowest BCUT2D eigenvalue weighted by Crippen LogP contribution is -2.18. The van der Waals surface area contributed by atoms with Crippen LogP contribution in [0.2, 0.25) is 0 Å². The normalized spacial score (nSPS) is 20.2. The van der Waals surface area contributed by atoms with Gasteiger partial charge in [0.2, 0.25) is 0 Å². The molecule has 1 aliphatic heterocycles. The first kappa shape index (κ1) is 11.4. The second-order valence-corrected chi connectivity index (χ2v) is 4.14. The summed E-state index contributed by atoms with van der Waals surface area (Å²) in [6.07, 6.45) is 5.98. The molecule has 0 radical (unpaired) electrons. The largest absolute Gasteiger partial charge is 0.376 e. The van der Waals surface area contributed by atoms with Crippen molar-refractivity contribution in [3.05, 3.63) is 24.0 Å². The highest BCUT2D eigenvalue weighted by molar-refractivity contribution is 5.96. The fraction of sp³-hybridized carbons (Fsp3) is 0.583. The molecule has 1 aromatic rings. The maximum Gasteiger partial charge on any atom is 0.189 e. The molecule has 0 N–H and O–H groups in total. The molecule has 0 bridgehead atoms. The Kier molecular flexibility index (Phi) is 3.74. The molecular formula is C12H17NO3. The van der Waals surface area contributed by atoms with E-state index in [2.05, 4.69) is 0 Å². The van der Waals surface area contributed by atoms with Gasteiger partial charge in [-0.3, -0.25) is 4.79 Å². The van der Waals surface area contributed by atoms with Gasteiger partial charge in [0.1, 0.15) is 6.61 Å². The number of carbonyl (C=O) groups is 1. The van der Waals surface area contributed by atoms with Gasteiger partial charge >= 0.3 is 0 Å².